The van der Waals surface area contributed by atoms with Gasteiger partial charge in [-0.15, -0.1) is 0 Å². The van der Waals surface area contributed by atoms with Gasteiger partial charge in [0.1, 0.15) is 0 Å². The number of aliphatic carboxylic acids is 1. The fraction of sp³-hybridized carbons (Fsp3) is 0.182. The smallest absolute Gasteiger partial charge is 0.382 e. The molecule has 1 N–H and O–H groups in total. The van der Waals surface area contributed by atoms with E-state index < -0.39 is 15.8 Å². The maximum absolute atomic E-state index is 11.7. The Labute approximate surface area is 93.8 Å². The van der Waals surface area contributed by atoms with Crippen LogP contribution >= 0.6 is 0 Å². The van der Waals surface area contributed by atoms with Gasteiger partial charge in [-0.2, -0.15) is 0 Å². The van der Waals surface area contributed by atoms with Crippen molar-refractivity contribution in [1.29, 1.82) is 0 Å². The van der Waals surface area contributed by atoms with Gasteiger partial charge in [0, 0.05) is 11.2 Å². The molecule has 0 atom stereocenters. The second-order valence-corrected chi connectivity index (χ2v) is 4.65. The Balaban J connectivity index is 3.29. The third-order valence-corrected chi connectivity index (χ3v) is 3.28. The Kier molecular flexibility index (Phi) is 3.69. The second-order valence-electron chi connectivity index (χ2n) is 3.00. The molecule has 0 fully saturated rings. The summed E-state index contributed by atoms with van der Waals surface area (Å²) in [7, 11) is -3.84. The van der Waals surface area contributed by atoms with E-state index in [4.69, 9.17) is 5.11 Å². The zero-order valence-corrected chi connectivity index (χ0v) is 9.41. The van der Waals surface area contributed by atoms with E-state index in [0.717, 1.165) is 0 Å². The molecule has 0 bridgehead atoms. The highest BCUT2D eigenvalue weighted by atomic mass is 32.2. The molecule has 0 saturated carbocycles. The average Bonchev–Trinajstić information content (AvgIpc) is 2.26. The Morgan fingerprint density at radius 3 is 2.56 bits per heavy atom. The molecule has 1 aromatic carbocycles. The zero-order valence-electron chi connectivity index (χ0n) is 8.60. The quantitative estimate of drug-likeness (QED) is 0.618. The fourth-order valence-corrected chi connectivity index (χ4v) is 2.37. The van der Waals surface area contributed by atoms with Crippen molar-refractivity contribution in [2.75, 3.05) is 0 Å². The summed E-state index contributed by atoms with van der Waals surface area (Å²) in [6.45, 7) is 1.82. The lowest BCUT2D eigenvalue weighted by Gasteiger charge is -2.03. The summed E-state index contributed by atoms with van der Waals surface area (Å²) < 4.78 is 23.4. The monoisotopic (exact) mass is 238 g/mol. The molecule has 4 nitrogen and oxygen atoms in total. The minimum atomic E-state index is -3.84. The number of rotatable bonds is 2. The van der Waals surface area contributed by atoms with Crippen LogP contribution in [0.4, 0.5) is 0 Å². The van der Waals surface area contributed by atoms with Gasteiger partial charge in [-0.3, -0.25) is 0 Å². The number of carbonyl (C=O) groups is 1. The number of hydrogen-bond acceptors (Lipinski definition) is 3. The SMILES string of the molecule is CCc1ccccc1S(=O)(=O)C#CC(=O)O. The normalized spacial score (nSPS) is 10.3. The van der Waals surface area contributed by atoms with Crippen molar-refractivity contribution >= 4 is 15.8 Å². The molecule has 0 unspecified atom stereocenters. The first kappa shape index (κ1) is 12.3. The molecular formula is C11H10O4S. The van der Waals surface area contributed by atoms with Crippen LogP contribution in [0, 0.1) is 11.2 Å². The third-order valence-electron chi connectivity index (χ3n) is 1.94. The fourth-order valence-electron chi connectivity index (χ4n) is 1.22. The van der Waals surface area contributed by atoms with E-state index in [9.17, 15) is 13.2 Å². The largest absolute Gasteiger partial charge is 0.472 e. The minimum Gasteiger partial charge on any atom is -0.472 e. The predicted octanol–water partition coefficient (Wildman–Crippen LogP) is 1.07. The Morgan fingerprint density at radius 2 is 2.00 bits per heavy atom. The van der Waals surface area contributed by atoms with Crippen LogP contribution in [0.25, 0.3) is 0 Å². The number of sulfone groups is 1. The molecule has 16 heavy (non-hydrogen) atoms. The molecule has 0 radical (unpaired) electrons. The van der Waals surface area contributed by atoms with Crippen molar-refractivity contribution in [1.82, 2.24) is 0 Å². The molecule has 0 saturated heterocycles. The summed E-state index contributed by atoms with van der Waals surface area (Å²) in [5, 5.41) is 10.1. The standard InChI is InChI=1S/C11H10O4S/c1-2-9-5-3-4-6-10(9)16(14,15)8-7-11(12)13/h3-6H,2H2,1H3,(H,12,13). The van der Waals surface area contributed by atoms with Crippen molar-refractivity contribution in [2.24, 2.45) is 0 Å². The van der Waals surface area contributed by atoms with Gasteiger partial charge >= 0.3 is 5.97 Å². The molecule has 1 rings (SSSR count). The van der Waals surface area contributed by atoms with Crippen molar-refractivity contribution < 1.29 is 18.3 Å². The lowest BCUT2D eigenvalue weighted by molar-refractivity contribution is -0.130. The first-order valence-corrected chi connectivity index (χ1v) is 6.04. The third kappa shape index (κ3) is 2.84. The van der Waals surface area contributed by atoms with Crippen molar-refractivity contribution in [2.45, 2.75) is 18.2 Å². The number of benzene rings is 1. The van der Waals surface area contributed by atoms with Crippen LogP contribution in [0.15, 0.2) is 29.2 Å². The topological polar surface area (TPSA) is 71.4 Å². The highest BCUT2D eigenvalue weighted by Crippen LogP contribution is 2.16. The molecule has 0 aliphatic carbocycles. The van der Waals surface area contributed by atoms with E-state index in [1.165, 1.54) is 6.07 Å². The molecule has 0 amide bonds. The summed E-state index contributed by atoms with van der Waals surface area (Å²) in [5.74, 6) is 0.154. The van der Waals surface area contributed by atoms with Crippen molar-refractivity contribution in [3.63, 3.8) is 0 Å². The summed E-state index contributed by atoms with van der Waals surface area (Å²) in [4.78, 5) is 10.3. The molecule has 0 aliphatic heterocycles. The molecule has 84 valence electrons. The van der Waals surface area contributed by atoms with Crippen LogP contribution in [0.2, 0.25) is 0 Å². The van der Waals surface area contributed by atoms with Gasteiger partial charge < -0.3 is 5.11 Å². The van der Waals surface area contributed by atoms with Crippen LogP contribution < -0.4 is 0 Å². The molecule has 5 heteroatoms. The summed E-state index contributed by atoms with van der Waals surface area (Å²) >= 11 is 0. The molecule has 0 heterocycles. The summed E-state index contributed by atoms with van der Waals surface area (Å²) in [6, 6.07) is 6.40. The molecule has 0 aromatic heterocycles. The molecule has 1 aromatic rings. The molecular weight excluding hydrogens is 228 g/mol. The van der Waals surface area contributed by atoms with Crippen LogP contribution in [-0.4, -0.2) is 19.5 Å². The van der Waals surface area contributed by atoms with E-state index in [1.54, 1.807) is 29.4 Å². The van der Waals surface area contributed by atoms with E-state index in [0.29, 0.717) is 12.0 Å². The van der Waals surface area contributed by atoms with Crippen molar-refractivity contribution in [3.05, 3.63) is 29.8 Å². The van der Waals surface area contributed by atoms with Gasteiger partial charge in [-0.1, -0.05) is 25.1 Å². The lowest BCUT2D eigenvalue weighted by Crippen LogP contribution is -2.02. The van der Waals surface area contributed by atoms with Gasteiger partial charge in [0.25, 0.3) is 0 Å². The Hall–Kier alpha value is -1.80. The molecule has 0 aliphatic rings. The van der Waals surface area contributed by atoms with Crippen molar-refractivity contribution in [3.8, 4) is 11.2 Å². The van der Waals surface area contributed by atoms with E-state index >= 15 is 0 Å². The Morgan fingerprint density at radius 1 is 1.38 bits per heavy atom. The average molecular weight is 238 g/mol. The highest BCUT2D eigenvalue weighted by Gasteiger charge is 2.14. The van der Waals surface area contributed by atoms with E-state index in [-0.39, 0.29) is 4.90 Å². The molecule has 0 spiro atoms. The lowest BCUT2D eigenvalue weighted by atomic mass is 10.2. The maximum atomic E-state index is 11.7. The second kappa shape index (κ2) is 4.81. The highest BCUT2D eigenvalue weighted by molar-refractivity contribution is 7.96. The van der Waals surface area contributed by atoms with Gasteiger partial charge in [-0.05, 0) is 18.1 Å². The minimum absolute atomic E-state index is 0.0752. The van der Waals surface area contributed by atoms with Gasteiger partial charge in [0.2, 0.25) is 9.84 Å². The van der Waals surface area contributed by atoms with Crippen LogP contribution in [0.3, 0.4) is 0 Å². The van der Waals surface area contributed by atoms with Gasteiger partial charge in [0.05, 0.1) is 4.90 Å². The zero-order chi connectivity index (χ0) is 12.2. The van der Waals surface area contributed by atoms with E-state index in [2.05, 4.69) is 0 Å². The number of aryl methyl sites for hydroxylation is 1. The van der Waals surface area contributed by atoms with Gasteiger partial charge in [-0.25, -0.2) is 13.2 Å². The number of hydrogen-bond donors (Lipinski definition) is 1. The van der Waals surface area contributed by atoms with Crippen LogP contribution in [0.5, 0.6) is 0 Å². The van der Waals surface area contributed by atoms with Crippen LogP contribution in [-0.2, 0) is 21.1 Å². The van der Waals surface area contributed by atoms with Crippen LogP contribution in [0.1, 0.15) is 12.5 Å². The first-order chi connectivity index (χ1) is 7.47. The van der Waals surface area contributed by atoms with E-state index in [1.807, 2.05) is 6.92 Å². The summed E-state index contributed by atoms with van der Waals surface area (Å²) in [5.41, 5.74) is 0.627. The predicted molar refractivity (Wildman–Crippen MR) is 58.4 cm³/mol. The number of carboxylic acids is 1. The first-order valence-electron chi connectivity index (χ1n) is 4.56. The summed E-state index contributed by atoms with van der Waals surface area (Å²) in [6.07, 6.45) is 0.546. The Bertz CT molecular complexity index is 561. The number of carboxylic acid groups (broad SMARTS) is 1. The van der Waals surface area contributed by atoms with Gasteiger partial charge in [0.15, 0.2) is 0 Å². The maximum Gasteiger partial charge on any atom is 0.382 e.